The van der Waals surface area contributed by atoms with Crippen molar-refractivity contribution >= 4 is 61.9 Å². The molecule has 0 aliphatic heterocycles. The molecule has 0 unspecified atom stereocenters. The van der Waals surface area contributed by atoms with Gasteiger partial charge in [-0.15, -0.1) is 0 Å². The molecule has 0 atom stereocenters. The highest BCUT2D eigenvalue weighted by Crippen LogP contribution is 2.23. The Hall–Kier alpha value is -1.50. The lowest BCUT2D eigenvalue weighted by molar-refractivity contribution is -0.113. The van der Waals surface area contributed by atoms with E-state index in [1.54, 1.807) is 12.1 Å². The van der Waals surface area contributed by atoms with Crippen LogP contribution in [0.25, 0.3) is 11.0 Å². The van der Waals surface area contributed by atoms with Gasteiger partial charge in [0.2, 0.25) is 5.91 Å². The Labute approximate surface area is 151 Å². The molecule has 1 aromatic heterocycles. The first-order valence-corrected chi connectivity index (χ1v) is 9.01. The summed E-state index contributed by atoms with van der Waals surface area (Å²) in [6.07, 6.45) is 0. The van der Waals surface area contributed by atoms with E-state index in [0.717, 1.165) is 31.9 Å². The first kappa shape index (κ1) is 16.4. The average molecular weight is 411 g/mol. The number of nitrogens with one attached hydrogen (secondary N) is 2. The maximum atomic E-state index is 12.1. The van der Waals surface area contributed by atoms with E-state index < -0.39 is 0 Å². The number of fused-ring (bicyclic) bond motifs is 1. The lowest BCUT2D eigenvalue weighted by atomic mass is 10.2. The SMILES string of the molecule is Cc1ccc(Cl)cc1NC(=O)CSc1nc2ccc(Br)cc2[nH]1. The van der Waals surface area contributed by atoms with Crippen molar-refractivity contribution in [2.75, 3.05) is 11.1 Å². The maximum absolute atomic E-state index is 12.1. The van der Waals surface area contributed by atoms with Crippen molar-refractivity contribution in [2.24, 2.45) is 0 Å². The molecule has 118 valence electrons. The zero-order chi connectivity index (χ0) is 16.4. The van der Waals surface area contributed by atoms with E-state index in [9.17, 15) is 4.79 Å². The lowest BCUT2D eigenvalue weighted by Crippen LogP contribution is -2.14. The summed E-state index contributed by atoms with van der Waals surface area (Å²) in [5.41, 5.74) is 3.52. The first-order chi connectivity index (χ1) is 11.0. The molecule has 2 aromatic carbocycles. The van der Waals surface area contributed by atoms with Gasteiger partial charge >= 0.3 is 0 Å². The third-order valence-corrected chi connectivity index (χ3v) is 4.84. The van der Waals surface area contributed by atoms with Gasteiger partial charge in [-0.3, -0.25) is 4.79 Å². The summed E-state index contributed by atoms with van der Waals surface area (Å²) in [6.45, 7) is 1.93. The minimum Gasteiger partial charge on any atom is -0.333 e. The number of rotatable bonds is 4. The monoisotopic (exact) mass is 409 g/mol. The van der Waals surface area contributed by atoms with Crippen LogP contribution in [-0.4, -0.2) is 21.6 Å². The van der Waals surface area contributed by atoms with Crippen molar-refractivity contribution in [3.8, 4) is 0 Å². The molecular weight excluding hydrogens is 398 g/mol. The van der Waals surface area contributed by atoms with Gasteiger partial charge in [0.05, 0.1) is 16.8 Å². The fourth-order valence-corrected chi connectivity index (χ4v) is 3.29. The molecule has 0 bridgehead atoms. The lowest BCUT2D eigenvalue weighted by Gasteiger charge is -2.08. The van der Waals surface area contributed by atoms with Crippen molar-refractivity contribution in [3.63, 3.8) is 0 Å². The van der Waals surface area contributed by atoms with Crippen LogP contribution in [0.4, 0.5) is 5.69 Å². The van der Waals surface area contributed by atoms with Crippen molar-refractivity contribution in [3.05, 3.63) is 51.5 Å². The van der Waals surface area contributed by atoms with Gasteiger partial charge in [0.25, 0.3) is 0 Å². The number of aromatic amines is 1. The molecule has 0 saturated heterocycles. The number of H-pyrrole nitrogens is 1. The Kier molecular flexibility index (Phi) is 4.94. The second-order valence-corrected chi connectivity index (χ2v) is 7.32. The Morgan fingerprint density at radius 2 is 2.17 bits per heavy atom. The molecule has 0 spiro atoms. The summed E-state index contributed by atoms with van der Waals surface area (Å²) in [4.78, 5) is 19.7. The summed E-state index contributed by atoms with van der Waals surface area (Å²) >= 11 is 10.7. The average Bonchev–Trinajstić information content (AvgIpc) is 2.91. The van der Waals surface area contributed by atoms with Crippen LogP contribution in [-0.2, 0) is 4.79 Å². The Morgan fingerprint density at radius 1 is 1.35 bits per heavy atom. The first-order valence-electron chi connectivity index (χ1n) is 6.85. The third-order valence-electron chi connectivity index (χ3n) is 3.24. The second kappa shape index (κ2) is 6.95. The number of aromatic nitrogens is 2. The molecule has 0 radical (unpaired) electrons. The number of hydrogen-bond acceptors (Lipinski definition) is 3. The van der Waals surface area contributed by atoms with E-state index in [4.69, 9.17) is 11.6 Å². The van der Waals surface area contributed by atoms with Crippen LogP contribution in [0.3, 0.4) is 0 Å². The molecular formula is C16H13BrClN3OS. The van der Waals surface area contributed by atoms with Crippen molar-refractivity contribution in [2.45, 2.75) is 12.1 Å². The van der Waals surface area contributed by atoms with E-state index in [-0.39, 0.29) is 11.7 Å². The highest BCUT2D eigenvalue weighted by atomic mass is 79.9. The molecule has 1 heterocycles. The standard InChI is InChI=1S/C16H13BrClN3OS/c1-9-2-4-11(18)7-13(9)19-15(22)8-23-16-20-12-5-3-10(17)6-14(12)21-16/h2-7H,8H2,1H3,(H,19,22)(H,20,21). The molecule has 7 heteroatoms. The van der Waals surface area contributed by atoms with E-state index >= 15 is 0 Å². The van der Waals surface area contributed by atoms with E-state index in [1.807, 2.05) is 31.2 Å². The van der Waals surface area contributed by atoms with Gasteiger partial charge in [-0.05, 0) is 42.8 Å². The summed E-state index contributed by atoms with van der Waals surface area (Å²) in [5, 5.41) is 4.19. The molecule has 3 rings (SSSR count). The van der Waals surface area contributed by atoms with Crippen LogP contribution in [0.5, 0.6) is 0 Å². The number of aryl methyl sites for hydroxylation is 1. The summed E-state index contributed by atoms with van der Waals surface area (Å²) in [5.74, 6) is 0.175. The fraction of sp³-hybridized carbons (Fsp3) is 0.125. The molecule has 2 N–H and O–H groups in total. The van der Waals surface area contributed by atoms with Gasteiger partial charge < -0.3 is 10.3 Å². The molecule has 1 amide bonds. The molecule has 23 heavy (non-hydrogen) atoms. The van der Waals surface area contributed by atoms with Crippen LogP contribution in [0.2, 0.25) is 5.02 Å². The number of carbonyl (C=O) groups is 1. The van der Waals surface area contributed by atoms with Gasteiger partial charge in [0.1, 0.15) is 0 Å². The normalized spacial score (nSPS) is 10.9. The zero-order valence-corrected chi connectivity index (χ0v) is 15.3. The topological polar surface area (TPSA) is 57.8 Å². The van der Waals surface area contributed by atoms with Crippen LogP contribution < -0.4 is 5.32 Å². The van der Waals surface area contributed by atoms with Crippen LogP contribution >= 0.6 is 39.3 Å². The van der Waals surface area contributed by atoms with E-state index in [0.29, 0.717) is 5.02 Å². The predicted octanol–water partition coefficient (Wildman–Crippen LogP) is 5.02. The van der Waals surface area contributed by atoms with Crippen LogP contribution in [0.15, 0.2) is 46.0 Å². The van der Waals surface area contributed by atoms with Crippen LogP contribution in [0.1, 0.15) is 5.56 Å². The molecule has 0 fully saturated rings. The van der Waals surface area contributed by atoms with Crippen molar-refractivity contribution in [1.29, 1.82) is 0 Å². The van der Waals surface area contributed by atoms with Gasteiger partial charge in [-0.25, -0.2) is 4.98 Å². The summed E-state index contributed by atoms with van der Waals surface area (Å²) in [6, 6.07) is 11.2. The minimum atomic E-state index is -0.0954. The predicted molar refractivity (Wildman–Crippen MR) is 99.3 cm³/mol. The molecule has 0 aliphatic carbocycles. The van der Waals surface area contributed by atoms with Gasteiger partial charge in [-0.2, -0.15) is 0 Å². The Bertz CT molecular complexity index is 881. The molecule has 3 aromatic rings. The number of halogens is 2. The number of hydrogen-bond donors (Lipinski definition) is 2. The highest BCUT2D eigenvalue weighted by molar-refractivity contribution is 9.10. The van der Waals surface area contributed by atoms with Gasteiger partial charge in [0.15, 0.2) is 5.16 Å². The smallest absolute Gasteiger partial charge is 0.234 e. The van der Waals surface area contributed by atoms with E-state index in [1.165, 1.54) is 11.8 Å². The second-order valence-electron chi connectivity index (χ2n) is 5.00. The fourth-order valence-electron chi connectivity index (χ4n) is 2.08. The Morgan fingerprint density at radius 3 is 3.00 bits per heavy atom. The largest absolute Gasteiger partial charge is 0.333 e. The minimum absolute atomic E-state index is 0.0954. The maximum Gasteiger partial charge on any atom is 0.234 e. The van der Waals surface area contributed by atoms with Gasteiger partial charge in [0, 0.05) is 15.2 Å². The van der Waals surface area contributed by atoms with Crippen molar-refractivity contribution < 1.29 is 4.79 Å². The van der Waals surface area contributed by atoms with E-state index in [2.05, 4.69) is 31.2 Å². The van der Waals surface area contributed by atoms with Crippen LogP contribution in [0, 0.1) is 6.92 Å². The number of nitrogens with zero attached hydrogens (tertiary/aromatic N) is 1. The van der Waals surface area contributed by atoms with Crippen molar-refractivity contribution in [1.82, 2.24) is 9.97 Å². The number of anilines is 1. The number of thioether (sulfide) groups is 1. The van der Waals surface area contributed by atoms with Gasteiger partial charge in [-0.1, -0.05) is 45.4 Å². The summed E-state index contributed by atoms with van der Waals surface area (Å²) in [7, 11) is 0. The quantitative estimate of drug-likeness (QED) is 0.594. The number of benzene rings is 2. The number of amides is 1. The highest BCUT2D eigenvalue weighted by Gasteiger charge is 2.09. The molecule has 0 saturated carbocycles. The zero-order valence-electron chi connectivity index (χ0n) is 12.2. The number of carbonyl (C=O) groups excluding carboxylic acids is 1. The third kappa shape index (κ3) is 4.07. The molecule has 4 nitrogen and oxygen atoms in total. The number of imidazole rings is 1. The summed E-state index contributed by atoms with van der Waals surface area (Å²) < 4.78 is 0.986. The Balaban J connectivity index is 1.64. The molecule has 0 aliphatic rings.